The van der Waals surface area contributed by atoms with E-state index < -0.39 is 0 Å². The molecule has 1 aromatic heterocycles. The summed E-state index contributed by atoms with van der Waals surface area (Å²) < 4.78 is 0. The number of carbonyl (C=O) groups is 1. The third-order valence-electron chi connectivity index (χ3n) is 4.55. The van der Waals surface area contributed by atoms with Gasteiger partial charge in [0, 0.05) is 18.3 Å². The van der Waals surface area contributed by atoms with Gasteiger partial charge in [-0.3, -0.25) is 9.69 Å². The van der Waals surface area contributed by atoms with Crippen LogP contribution in [0.5, 0.6) is 0 Å². The summed E-state index contributed by atoms with van der Waals surface area (Å²) in [6, 6.07) is 8.43. The third-order valence-corrected chi connectivity index (χ3v) is 5.46. The molecule has 26 heavy (non-hydrogen) atoms. The minimum atomic E-state index is -0.195. The monoisotopic (exact) mass is 395 g/mol. The van der Waals surface area contributed by atoms with E-state index in [1.54, 1.807) is 0 Å². The fourth-order valence-corrected chi connectivity index (χ4v) is 3.82. The average Bonchev–Trinajstić information content (AvgIpc) is 3.11. The van der Waals surface area contributed by atoms with Crippen LogP contribution >= 0.6 is 23.7 Å². The molecule has 142 valence electrons. The van der Waals surface area contributed by atoms with Crippen LogP contribution in [0.1, 0.15) is 40.1 Å². The van der Waals surface area contributed by atoms with Crippen LogP contribution in [0.15, 0.2) is 24.3 Å². The van der Waals surface area contributed by atoms with Gasteiger partial charge in [-0.25, -0.2) is 0 Å². The number of piperidine rings is 1. The predicted molar refractivity (Wildman–Crippen MR) is 108 cm³/mol. The molecule has 0 spiro atoms. The number of hydrogen-bond acceptors (Lipinski definition) is 6. The fraction of sp³-hybridized carbons (Fsp3) is 0.500. The lowest BCUT2D eigenvalue weighted by atomic mass is 10.1. The number of hydrogen-bond donors (Lipinski definition) is 2. The van der Waals surface area contributed by atoms with Gasteiger partial charge in [0.05, 0.1) is 6.54 Å². The lowest BCUT2D eigenvalue weighted by Crippen LogP contribution is -2.43. The Balaban J connectivity index is 0.00000243. The van der Waals surface area contributed by atoms with Crippen LogP contribution in [-0.2, 0) is 13.0 Å². The van der Waals surface area contributed by atoms with Crippen molar-refractivity contribution in [2.75, 3.05) is 25.5 Å². The topological polar surface area (TPSA) is 70.2 Å². The number of carbonyl (C=O) groups excluding carboxylic acids is 1. The maximum absolute atomic E-state index is 12.3. The van der Waals surface area contributed by atoms with Gasteiger partial charge in [0.15, 0.2) is 0 Å². The molecule has 1 amide bonds. The molecule has 0 bridgehead atoms. The molecule has 1 fully saturated rings. The van der Waals surface area contributed by atoms with Crippen molar-refractivity contribution in [3.8, 4) is 0 Å². The van der Waals surface area contributed by atoms with E-state index in [9.17, 15) is 4.79 Å². The third kappa shape index (κ3) is 5.48. The van der Waals surface area contributed by atoms with E-state index in [4.69, 9.17) is 0 Å². The Morgan fingerprint density at radius 2 is 2.08 bits per heavy atom. The number of benzene rings is 1. The summed E-state index contributed by atoms with van der Waals surface area (Å²) in [5, 5.41) is 15.8. The molecule has 1 unspecified atom stereocenters. The number of aryl methyl sites for hydroxylation is 1. The summed E-state index contributed by atoms with van der Waals surface area (Å²) in [5.74, 6) is -0.195. The van der Waals surface area contributed by atoms with E-state index in [1.807, 2.05) is 31.3 Å². The lowest BCUT2D eigenvalue weighted by molar-refractivity contribution is 0.102. The van der Waals surface area contributed by atoms with Crippen LogP contribution in [0.3, 0.4) is 0 Å². The number of likely N-dealkylation sites (tertiary alicyclic amines) is 1. The summed E-state index contributed by atoms with van der Waals surface area (Å²) in [6.07, 6.45) is 3.39. The highest BCUT2D eigenvalue weighted by atomic mass is 35.5. The van der Waals surface area contributed by atoms with E-state index in [-0.39, 0.29) is 18.3 Å². The van der Waals surface area contributed by atoms with Crippen LogP contribution in [0.25, 0.3) is 0 Å². The van der Waals surface area contributed by atoms with Crippen LogP contribution in [-0.4, -0.2) is 47.2 Å². The maximum Gasteiger partial charge on any atom is 0.286 e. The molecule has 0 radical (unpaired) electrons. The van der Waals surface area contributed by atoms with Gasteiger partial charge in [0.2, 0.25) is 5.01 Å². The van der Waals surface area contributed by atoms with Crippen LogP contribution in [0.4, 0.5) is 5.69 Å². The van der Waals surface area contributed by atoms with Gasteiger partial charge in [-0.15, -0.1) is 22.6 Å². The molecule has 1 saturated heterocycles. The second-order valence-electron chi connectivity index (χ2n) is 6.37. The molecular formula is C18H26ClN5OS. The number of amides is 1. The zero-order valence-corrected chi connectivity index (χ0v) is 16.8. The molecule has 3 rings (SSSR count). The average molecular weight is 396 g/mol. The van der Waals surface area contributed by atoms with Crippen molar-refractivity contribution in [3.05, 3.63) is 39.8 Å². The van der Waals surface area contributed by atoms with E-state index >= 15 is 0 Å². The fourth-order valence-electron chi connectivity index (χ4n) is 3.04. The molecule has 1 atom stereocenters. The number of anilines is 1. The van der Waals surface area contributed by atoms with Crippen molar-refractivity contribution in [2.45, 2.75) is 38.8 Å². The smallest absolute Gasteiger partial charge is 0.286 e. The summed E-state index contributed by atoms with van der Waals surface area (Å²) in [7, 11) is 2.01. The van der Waals surface area contributed by atoms with E-state index in [0.717, 1.165) is 36.8 Å². The molecule has 2 N–H and O–H groups in total. The SMILES string of the molecule is CCc1ccc(NC(=O)c2nnc(CN3CCCC(NC)C3)s2)cc1.Cl. The Bertz CT molecular complexity index is 706. The van der Waals surface area contributed by atoms with Crippen molar-refractivity contribution >= 4 is 35.3 Å². The number of aromatic nitrogens is 2. The molecule has 2 aromatic rings. The molecular weight excluding hydrogens is 370 g/mol. The van der Waals surface area contributed by atoms with Crippen molar-refractivity contribution in [1.82, 2.24) is 20.4 Å². The molecule has 1 aromatic carbocycles. The molecule has 6 nitrogen and oxygen atoms in total. The zero-order chi connectivity index (χ0) is 17.6. The lowest BCUT2D eigenvalue weighted by Gasteiger charge is -2.31. The van der Waals surface area contributed by atoms with Gasteiger partial charge >= 0.3 is 0 Å². The second kappa shape index (κ2) is 9.97. The number of rotatable bonds is 6. The first kappa shape index (κ1) is 20.8. The van der Waals surface area contributed by atoms with Crippen LogP contribution in [0.2, 0.25) is 0 Å². The van der Waals surface area contributed by atoms with Gasteiger partial charge in [-0.05, 0) is 50.6 Å². The summed E-state index contributed by atoms with van der Waals surface area (Å²) in [6.45, 7) is 4.95. The zero-order valence-electron chi connectivity index (χ0n) is 15.2. The highest BCUT2D eigenvalue weighted by Crippen LogP contribution is 2.18. The van der Waals surface area contributed by atoms with Crippen LogP contribution in [0, 0.1) is 0 Å². The number of nitrogens with one attached hydrogen (secondary N) is 2. The Labute approximate surface area is 164 Å². The van der Waals surface area contributed by atoms with Crippen molar-refractivity contribution in [2.24, 2.45) is 0 Å². The summed E-state index contributed by atoms with van der Waals surface area (Å²) >= 11 is 1.37. The summed E-state index contributed by atoms with van der Waals surface area (Å²) in [5.41, 5.74) is 2.03. The molecule has 1 aliphatic rings. The summed E-state index contributed by atoms with van der Waals surface area (Å²) in [4.78, 5) is 14.7. The van der Waals surface area contributed by atoms with E-state index in [1.165, 1.54) is 29.7 Å². The first-order valence-corrected chi connectivity index (χ1v) is 9.62. The van der Waals surface area contributed by atoms with Gasteiger partial charge in [0.1, 0.15) is 5.01 Å². The van der Waals surface area contributed by atoms with E-state index in [2.05, 4.69) is 32.7 Å². The van der Waals surface area contributed by atoms with Gasteiger partial charge in [0.25, 0.3) is 5.91 Å². The van der Waals surface area contributed by atoms with Gasteiger partial charge in [-0.2, -0.15) is 0 Å². The Hall–Kier alpha value is -1.54. The largest absolute Gasteiger partial charge is 0.320 e. The van der Waals surface area contributed by atoms with Gasteiger partial charge < -0.3 is 10.6 Å². The standard InChI is InChI=1S/C18H25N5OS.ClH/c1-3-13-6-8-14(9-7-13)20-17(24)18-22-21-16(25-18)12-23-10-4-5-15(11-23)19-2;/h6-9,15,19H,3-5,10-12H2,1-2H3,(H,20,24);1H. The first-order valence-electron chi connectivity index (χ1n) is 8.80. The Morgan fingerprint density at radius 3 is 2.77 bits per heavy atom. The maximum atomic E-state index is 12.3. The minimum absolute atomic E-state index is 0. The van der Waals surface area contributed by atoms with Gasteiger partial charge in [-0.1, -0.05) is 30.4 Å². The predicted octanol–water partition coefficient (Wildman–Crippen LogP) is 2.96. The normalized spacial score (nSPS) is 17.5. The quantitative estimate of drug-likeness (QED) is 0.786. The molecule has 1 aliphatic heterocycles. The number of halogens is 1. The number of likely N-dealkylation sites (N-methyl/N-ethyl adjacent to an activating group) is 1. The van der Waals surface area contributed by atoms with Crippen LogP contribution < -0.4 is 10.6 Å². The first-order chi connectivity index (χ1) is 12.2. The highest BCUT2D eigenvalue weighted by Gasteiger charge is 2.20. The molecule has 2 heterocycles. The van der Waals surface area contributed by atoms with E-state index in [0.29, 0.717) is 11.0 Å². The number of nitrogens with zero attached hydrogens (tertiary/aromatic N) is 3. The van der Waals surface area contributed by atoms with Crippen molar-refractivity contribution in [3.63, 3.8) is 0 Å². The Kier molecular flexibility index (Phi) is 7.96. The second-order valence-corrected chi connectivity index (χ2v) is 7.43. The minimum Gasteiger partial charge on any atom is -0.320 e. The Morgan fingerprint density at radius 1 is 1.31 bits per heavy atom. The van der Waals surface area contributed by atoms with Crippen molar-refractivity contribution in [1.29, 1.82) is 0 Å². The molecule has 8 heteroatoms. The molecule has 0 saturated carbocycles. The molecule has 0 aliphatic carbocycles. The van der Waals surface area contributed by atoms with Crippen molar-refractivity contribution < 1.29 is 4.79 Å². The highest BCUT2D eigenvalue weighted by molar-refractivity contribution is 7.13.